The molecule has 1 aromatic carbocycles. The van der Waals surface area contributed by atoms with Crippen molar-refractivity contribution in [3.8, 4) is 11.4 Å². The van der Waals surface area contributed by atoms with Crippen LogP contribution < -0.4 is 10.2 Å². The summed E-state index contributed by atoms with van der Waals surface area (Å²) in [6.45, 7) is 4.16. The summed E-state index contributed by atoms with van der Waals surface area (Å²) in [5.41, 5.74) is 1.91. The molecule has 10 heteroatoms. The van der Waals surface area contributed by atoms with Crippen LogP contribution in [-0.4, -0.2) is 75.0 Å². The number of hydrogen-bond acceptors (Lipinski definition) is 7. The molecule has 31 heavy (non-hydrogen) atoms. The van der Waals surface area contributed by atoms with Crippen LogP contribution in [-0.2, 0) is 20.3 Å². The van der Waals surface area contributed by atoms with E-state index in [0.717, 1.165) is 31.5 Å². The van der Waals surface area contributed by atoms with Gasteiger partial charge in [0.2, 0.25) is 0 Å². The Hall–Kier alpha value is -2.72. The van der Waals surface area contributed by atoms with Crippen LogP contribution in [0.5, 0.6) is 0 Å². The normalized spacial score (nSPS) is 17.1. The molecule has 0 spiro atoms. The second kappa shape index (κ2) is 9.19. The molecule has 3 heterocycles. The number of urea groups is 1. The quantitative estimate of drug-likeness (QED) is 0.752. The van der Waals surface area contributed by atoms with E-state index in [0.29, 0.717) is 49.3 Å². The van der Waals surface area contributed by atoms with Gasteiger partial charge in [0.05, 0.1) is 24.7 Å². The first-order chi connectivity index (χ1) is 14.9. The van der Waals surface area contributed by atoms with E-state index in [9.17, 15) is 13.2 Å². The van der Waals surface area contributed by atoms with Crippen LogP contribution >= 0.6 is 0 Å². The number of hydrogen-bond donors (Lipinski definition) is 1. The molecule has 1 aromatic heterocycles. The second-order valence-corrected chi connectivity index (χ2v) is 10.1. The third-order valence-electron chi connectivity index (χ3n) is 5.30. The Morgan fingerprint density at radius 3 is 2.39 bits per heavy atom. The van der Waals surface area contributed by atoms with Crippen molar-refractivity contribution in [3.63, 3.8) is 0 Å². The molecule has 0 aliphatic carbocycles. The second-order valence-electron chi connectivity index (χ2n) is 7.91. The first-order valence-corrected chi connectivity index (χ1v) is 12.5. The monoisotopic (exact) mass is 445 g/mol. The van der Waals surface area contributed by atoms with Crippen LogP contribution in [0.2, 0.25) is 0 Å². The van der Waals surface area contributed by atoms with Crippen LogP contribution in [0.1, 0.15) is 18.5 Å². The fourth-order valence-electron chi connectivity index (χ4n) is 3.73. The predicted octanol–water partition coefficient (Wildman–Crippen LogP) is 2.15. The van der Waals surface area contributed by atoms with Gasteiger partial charge in [-0.2, -0.15) is 0 Å². The van der Waals surface area contributed by atoms with E-state index in [2.05, 4.69) is 20.2 Å². The number of aromatic nitrogens is 2. The van der Waals surface area contributed by atoms with Gasteiger partial charge in [-0.3, -0.25) is 0 Å². The van der Waals surface area contributed by atoms with Crippen molar-refractivity contribution in [1.29, 1.82) is 0 Å². The minimum absolute atomic E-state index is 0.0914. The summed E-state index contributed by atoms with van der Waals surface area (Å²) in [6, 6.07) is 8.94. The molecule has 2 aliphatic heterocycles. The standard InChI is InChI=1S/C21H27N5O4S/c1-31(28,29)15-18-14-19(25-10-12-30-13-11-25)24-20(22-18)16-4-6-17(7-5-16)23-21(27)26-8-2-3-9-26/h4-7,14H,2-3,8-13,15H2,1H3,(H,23,27). The first kappa shape index (κ1) is 21.5. The third kappa shape index (κ3) is 5.71. The number of ether oxygens (including phenoxy) is 1. The molecule has 2 amide bonds. The van der Waals surface area contributed by atoms with Gasteiger partial charge in [0.15, 0.2) is 15.7 Å². The molecule has 9 nitrogen and oxygen atoms in total. The van der Waals surface area contributed by atoms with Gasteiger partial charge in [-0.05, 0) is 37.1 Å². The van der Waals surface area contributed by atoms with Gasteiger partial charge in [0.25, 0.3) is 0 Å². The van der Waals surface area contributed by atoms with E-state index in [4.69, 9.17) is 4.74 Å². The van der Waals surface area contributed by atoms with Crippen molar-refractivity contribution in [1.82, 2.24) is 14.9 Å². The van der Waals surface area contributed by atoms with Gasteiger partial charge in [0, 0.05) is 49.8 Å². The van der Waals surface area contributed by atoms with Crippen molar-refractivity contribution in [2.75, 3.05) is 55.9 Å². The van der Waals surface area contributed by atoms with Gasteiger partial charge >= 0.3 is 6.03 Å². The Morgan fingerprint density at radius 2 is 1.74 bits per heavy atom. The number of carbonyl (C=O) groups is 1. The van der Waals surface area contributed by atoms with Crippen LogP contribution in [0.15, 0.2) is 30.3 Å². The zero-order chi connectivity index (χ0) is 21.8. The van der Waals surface area contributed by atoms with Crippen LogP contribution in [0.3, 0.4) is 0 Å². The molecule has 0 bridgehead atoms. The van der Waals surface area contributed by atoms with Crippen LogP contribution in [0.4, 0.5) is 16.3 Å². The lowest BCUT2D eigenvalue weighted by molar-refractivity contribution is 0.122. The Balaban J connectivity index is 1.58. The number of nitrogens with zero attached hydrogens (tertiary/aromatic N) is 4. The van der Waals surface area contributed by atoms with Crippen molar-refractivity contribution in [2.24, 2.45) is 0 Å². The van der Waals surface area contributed by atoms with Gasteiger partial charge in [0.1, 0.15) is 5.82 Å². The summed E-state index contributed by atoms with van der Waals surface area (Å²) in [6.07, 6.45) is 3.28. The predicted molar refractivity (Wildman–Crippen MR) is 119 cm³/mol. The third-order valence-corrected chi connectivity index (χ3v) is 6.12. The minimum Gasteiger partial charge on any atom is -0.378 e. The minimum atomic E-state index is -3.24. The van der Waals surface area contributed by atoms with Gasteiger partial charge in [-0.15, -0.1) is 0 Å². The highest BCUT2D eigenvalue weighted by atomic mass is 32.2. The SMILES string of the molecule is CS(=O)(=O)Cc1cc(N2CCOCC2)nc(-c2ccc(NC(=O)N3CCCC3)cc2)n1. The van der Waals surface area contributed by atoms with E-state index in [1.165, 1.54) is 6.26 Å². The summed E-state index contributed by atoms with van der Waals surface area (Å²) in [7, 11) is -3.24. The van der Waals surface area contributed by atoms with Gasteiger partial charge in [-0.25, -0.2) is 23.2 Å². The Morgan fingerprint density at radius 1 is 1.06 bits per heavy atom. The van der Waals surface area contributed by atoms with Crippen molar-refractivity contribution in [2.45, 2.75) is 18.6 Å². The van der Waals surface area contributed by atoms with Crippen molar-refractivity contribution >= 4 is 27.4 Å². The molecule has 0 atom stereocenters. The average Bonchev–Trinajstić information content (AvgIpc) is 3.29. The Labute approximate surface area is 182 Å². The molecular weight excluding hydrogens is 418 g/mol. The lowest BCUT2D eigenvalue weighted by atomic mass is 10.2. The number of benzene rings is 1. The highest BCUT2D eigenvalue weighted by molar-refractivity contribution is 7.89. The number of morpholine rings is 1. The Kier molecular flexibility index (Phi) is 6.38. The molecule has 0 unspecified atom stereocenters. The van der Waals surface area contributed by atoms with Crippen molar-refractivity contribution < 1.29 is 17.9 Å². The fraction of sp³-hybridized carbons (Fsp3) is 0.476. The first-order valence-electron chi connectivity index (χ1n) is 10.4. The molecule has 166 valence electrons. The number of likely N-dealkylation sites (tertiary alicyclic amines) is 1. The molecule has 0 saturated carbocycles. The lowest BCUT2D eigenvalue weighted by Crippen LogP contribution is -2.37. The summed E-state index contributed by atoms with van der Waals surface area (Å²) in [5.74, 6) is 1.00. The van der Waals surface area contributed by atoms with Gasteiger partial charge in [-0.1, -0.05) is 0 Å². The lowest BCUT2D eigenvalue weighted by Gasteiger charge is -2.28. The zero-order valence-corrected chi connectivity index (χ0v) is 18.4. The number of anilines is 2. The highest BCUT2D eigenvalue weighted by Gasteiger charge is 2.19. The number of rotatable bonds is 5. The summed E-state index contributed by atoms with van der Waals surface area (Å²) >= 11 is 0. The summed E-state index contributed by atoms with van der Waals surface area (Å²) in [5, 5.41) is 2.91. The molecule has 1 N–H and O–H groups in total. The molecule has 0 radical (unpaired) electrons. The number of nitrogens with one attached hydrogen (secondary N) is 1. The van der Waals surface area contributed by atoms with Gasteiger partial charge < -0.3 is 19.9 Å². The smallest absolute Gasteiger partial charge is 0.321 e. The van der Waals surface area contributed by atoms with E-state index < -0.39 is 9.84 Å². The zero-order valence-electron chi connectivity index (χ0n) is 17.6. The van der Waals surface area contributed by atoms with Crippen LogP contribution in [0, 0.1) is 0 Å². The molecular formula is C21H27N5O4S. The molecule has 4 rings (SSSR count). The van der Waals surface area contributed by atoms with Crippen molar-refractivity contribution in [3.05, 3.63) is 36.0 Å². The summed E-state index contributed by atoms with van der Waals surface area (Å²) in [4.78, 5) is 25.3. The number of amides is 2. The fourth-order valence-corrected chi connectivity index (χ4v) is 4.42. The molecule has 2 aromatic rings. The number of carbonyl (C=O) groups excluding carboxylic acids is 1. The maximum atomic E-state index is 12.3. The van der Waals surface area contributed by atoms with E-state index >= 15 is 0 Å². The largest absolute Gasteiger partial charge is 0.378 e. The van der Waals surface area contributed by atoms with E-state index in [1.54, 1.807) is 11.0 Å². The molecule has 2 aliphatic rings. The molecule has 2 saturated heterocycles. The molecule has 2 fully saturated rings. The topological polar surface area (TPSA) is 105 Å². The van der Waals surface area contributed by atoms with Crippen LogP contribution in [0.25, 0.3) is 11.4 Å². The number of sulfone groups is 1. The van der Waals surface area contributed by atoms with E-state index in [1.807, 2.05) is 24.3 Å². The highest BCUT2D eigenvalue weighted by Crippen LogP contribution is 2.24. The maximum Gasteiger partial charge on any atom is 0.321 e. The maximum absolute atomic E-state index is 12.3. The Bertz CT molecular complexity index is 1030. The van der Waals surface area contributed by atoms with E-state index in [-0.39, 0.29) is 11.8 Å². The summed E-state index contributed by atoms with van der Waals surface area (Å²) < 4.78 is 29.1. The average molecular weight is 446 g/mol.